The molecule has 1 unspecified atom stereocenters. The van der Waals surface area contributed by atoms with E-state index in [0.29, 0.717) is 44.6 Å². The van der Waals surface area contributed by atoms with Gasteiger partial charge in [0.15, 0.2) is 5.82 Å². The summed E-state index contributed by atoms with van der Waals surface area (Å²) >= 11 is 1.44. The number of thiophene rings is 1. The number of anilines is 1. The fourth-order valence-electron chi connectivity index (χ4n) is 2.52. The van der Waals surface area contributed by atoms with Gasteiger partial charge in [-0.05, 0) is 17.5 Å². The molecule has 0 aromatic carbocycles. The number of hydrogen-bond donors (Lipinski definition) is 1. The predicted octanol–water partition coefficient (Wildman–Crippen LogP) is 1.81. The van der Waals surface area contributed by atoms with E-state index < -0.39 is 0 Å². The first kappa shape index (κ1) is 16.8. The Kier molecular flexibility index (Phi) is 5.73. The van der Waals surface area contributed by atoms with Crippen LogP contribution in [0.25, 0.3) is 0 Å². The molecule has 1 fully saturated rings. The average molecular weight is 348 g/mol. The van der Waals surface area contributed by atoms with Crippen LogP contribution in [0.5, 0.6) is 0 Å². The molecule has 0 saturated carbocycles. The van der Waals surface area contributed by atoms with Crippen LogP contribution in [0, 0.1) is 0 Å². The Bertz CT molecular complexity index is 665. The van der Waals surface area contributed by atoms with Crippen molar-refractivity contribution in [1.82, 2.24) is 14.9 Å². The molecular formula is C16H20N4O3S. The second-order valence-corrected chi connectivity index (χ2v) is 6.23. The number of amides is 1. The second-order valence-electron chi connectivity index (χ2n) is 5.29. The van der Waals surface area contributed by atoms with E-state index >= 15 is 0 Å². The quantitative estimate of drug-likeness (QED) is 0.803. The largest absolute Gasteiger partial charge is 0.383 e. The molecule has 1 aliphatic heterocycles. The van der Waals surface area contributed by atoms with Crippen LogP contribution in [-0.2, 0) is 9.47 Å². The van der Waals surface area contributed by atoms with Gasteiger partial charge >= 0.3 is 0 Å². The maximum Gasteiger partial charge on any atom is 0.264 e. The van der Waals surface area contributed by atoms with Gasteiger partial charge in [0.1, 0.15) is 11.9 Å². The molecule has 7 nitrogen and oxygen atoms in total. The van der Waals surface area contributed by atoms with Crippen molar-refractivity contribution in [2.45, 2.75) is 6.04 Å². The van der Waals surface area contributed by atoms with Crippen molar-refractivity contribution < 1.29 is 14.3 Å². The molecule has 0 aliphatic carbocycles. The molecule has 0 spiro atoms. The number of nitrogens with zero attached hydrogens (tertiary/aromatic N) is 3. The summed E-state index contributed by atoms with van der Waals surface area (Å²) in [5.74, 6) is 1.30. The zero-order chi connectivity index (χ0) is 16.8. The normalized spacial score (nSPS) is 17.7. The SMILES string of the molecule is COCCNc1ccnc(C2COCCN2C(=O)c2cccs2)n1. The first-order chi connectivity index (χ1) is 11.8. The summed E-state index contributed by atoms with van der Waals surface area (Å²) in [5.41, 5.74) is 0. The average Bonchev–Trinajstić information content (AvgIpc) is 3.16. The molecule has 2 aromatic rings. The maximum absolute atomic E-state index is 12.7. The Morgan fingerprint density at radius 3 is 3.25 bits per heavy atom. The number of carbonyl (C=O) groups excluding carboxylic acids is 1. The number of nitrogens with one attached hydrogen (secondary N) is 1. The number of morpholine rings is 1. The highest BCUT2D eigenvalue weighted by molar-refractivity contribution is 7.12. The van der Waals surface area contributed by atoms with Gasteiger partial charge in [0.25, 0.3) is 5.91 Å². The Labute approximate surface area is 144 Å². The van der Waals surface area contributed by atoms with E-state index in [2.05, 4.69) is 15.3 Å². The van der Waals surface area contributed by atoms with Gasteiger partial charge in [0.05, 0.1) is 24.7 Å². The van der Waals surface area contributed by atoms with Crippen LogP contribution in [-0.4, -0.2) is 60.8 Å². The van der Waals surface area contributed by atoms with Gasteiger partial charge in [0, 0.05) is 26.4 Å². The van der Waals surface area contributed by atoms with Gasteiger partial charge in [-0.15, -0.1) is 11.3 Å². The van der Waals surface area contributed by atoms with Crippen molar-refractivity contribution in [2.75, 3.05) is 45.3 Å². The first-order valence-electron chi connectivity index (χ1n) is 7.77. The Hall–Kier alpha value is -2.03. The van der Waals surface area contributed by atoms with Crippen molar-refractivity contribution in [3.05, 3.63) is 40.5 Å². The zero-order valence-electron chi connectivity index (χ0n) is 13.5. The summed E-state index contributed by atoms with van der Waals surface area (Å²) in [4.78, 5) is 24.1. The third-order valence-corrected chi connectivity index (χ3v) is 4.56. The summed E-state index contributed by atoms with van der Waals surface area (Å²) in [6, 6.07) is 5.24. The van der Waals surface area contributed by atoms with E-state index in [4.69, 9.17) is 9.47 Å². The molecule has 3 heterocycles. The van der Waals surface area contributed by atoms with E-state index in [1.807, 2.05) is 17.5 Å². The van der Waals surface area contributed by atoms with Crippen LogP contribution in [0.2, 0.25) is 0 Å². The Morgan fingerprint density at radius 2 is 2.46 bits per heavy atom. The van der Waals surface area contributed by atoms with E-state index in [0.717, 1.165) is 4.88 Å². The molecule has 1 saturated heterocycles. The minimum Gasteiger partial charge on any atom is -0.383 e. The highest BCUT2D eigenvalue weighted by Crippen LogP contribution is 2.25. The Morgan fingerprint density at radius 1 is 1.54 bits per heavy atom. The molecule has 128 valence electrons. The van der Waals surface area contributed by atoms with Crippen LogP contribution in [0.3, 0.4) is 0 Å². The number of hydrogen-bond acceptors (Lipinski definition) is 7. The van der Waals surface area contributed by atoms with Crippen molar-refractivity contribution >= 4 is 23.1 Å². The number of ether oxygens (including phenoxy) is 2. The van der Waals surface area contributed by atoms with Gasteiger partial charge in [-0.2, -0.15) is 0 Å². The Balaban J connectivity index is 1.77. The minimum absolute atomic E-state index is 0.000328. The van der Waals surface area contributed by atoms with Crippen LogP contribution in [0.15, 0.2) is 29.8 Å². The van der Waals surface area contributed by atoms with Crippen molar-refractivity contribution in [1.29, 1.82) is 0 Å². The van der Waals surface area contributed by atoms with Crippen molar-refractivity contribution in [2.24, 2.45) is 0 Å². The molecule has 1 N–H and O–H groups in total. The summed E-state index contributed by atoms with van der Waals surface area (Å²) in [6.07, 6.45) is 1.69. The fourth-order valence-corrected chi connectivity index (χ4v) is 3.20. The summed E-state index contributed by atoms with van der Waals surface area (Å²) in [6.45, 7) is 2.71. The van der Waals surface area contributed by atoms with Crippen LogP contribution in [0.4, 0.5) is 5.82 Å². The molecule has 0 radical (unpaired) electrons. The van der Waals surface area contributed by atoms with Gasteiger partial charge in [-0.25, -0.2) is 9.97 Å². The molecule has 0 bridgehead atoms. The van der Waals surface area contributed by atoms with Gasteiger partial charge in [-0.3, -0.25) is 4.79 Å². The van der Waals surface area contributed by atoms with Gasteiger partial charge in [-0.1, -0.05) is 6.07 Å². The van der Waals surface area contributed by atoms with Gasteiger partial charge in [0.2, 0.25) is 0 Å². The van der Waals surface area contributed by atoms with E-state index in [9.17, 15) is 4.79 Å². The lowest BCUT2D eigenvalue weighted by molar-refractivity contribution is -0.00492. The second kappa shape index (κ2) is 8.18. The van der Waals surface area contributed by atoms with E-state index in [1.165, 1.54) is 11.3 Å². The number of aromatic nitrogens is 2. The van der Waals surface area contributed by atoms with Crippen LogP contribution < -0.4 is 5.32 Å². The monoisotopic (exact) mass is 348 g/mol. The minimum atomic E-state index is -0.280. The molecule has 24 heavy (non-hydrogen) atoms. The van der Waals surface area contributed by atoms with Crippen molar-refractivity contribution in [3.63, 3.8) is 0 Å². The van der Waals surface area contributed by atoms with Gasteiger partial charge < -0.3 is 19.7 Å². The zero-order valence-corrected chi connectivity index (χ0v) is 14.3. The molecule has 3 rings (SSSR count). The molecule has 1 amide bonds. The third-order valence-electron chi connectivity index (χ3n) is 3.71. The van der Waals surface area contributed by atoms with E-state index in [-0.39, 0.29) is 11.9 Å². The maximum atomic E-state index is 12.7. The summed E-state index contributed by atoms with van der Waals surface area (Å²) in [5, 5.41) is 5.08. The fraction of sp³-hybridized carbons (Fsp3) is 0.438. The molecule has 8 heteroatoms. The lowest BCUT2D eigenvalue weighted by atomic mass is 10.2. The standard InChI is InChI=1S/C16H20N4O3S/c1-22-8-6-17-14-4-5-18-15(19-14)12-11-23-9-7-20(12)16(21)13-3-2-10-24-13/h2-5,10,12H,6-9,11H2,1H3,(H,17,18,19). The highest BCUT2D eigenvalue weighted by atomic mass is 32.1. The summed E-state index contributed by atoms with van der Waals surface area (Å²) < 4.78 is 10.6. The highest BCUT2D eigenvalue weighted by Gasteiger charge is 2.31. The van der Waals surface area contributed by atoms with Crippen LogP contribution in [0.1, 0.15) is 21.5 Å². The molecule has 2 aromatic heterocycles. The van der Waals surface area contributed by atoms with Crippen molar-refractivity contribution in [3.8, 4) is 0 Å². The molecule has 1 aliphatic rings. The lowest BCUT2D eigenvalue weighted by Gasteiger charge is -2.34. The number of carbonyl (C=O) groups is 1. The van der Waals surface area contributed by atoms with E-state index in [1.54, 1.807) is 24.3 Å². The lowest BCUT2D eigenvalue weighted by Crippen LogP contribution is -2.43. The topological polar surface area (TPSA) is 76.6 Å². The number of methoxy groups -OCH3 is 1. The predicted molar refractivity (Wildman–Crippen MR) is 91.3 cm³/mol. The van der Waals surface area contributed by atoms with Crippen LogP contribution >= 0.6 is 11.3 Å². The summed E-state index contributed by atoms with van der Waals surface area (Å²) in [7, 11) is 1.65. The smallest absolute Gasteiger partial charge is 0.264 e. The third kappa shape index (κ3) is 3.89. The number of rotatable bonds is 6. The molecule has 1 atom stereocenters. The molecular weight excluding hydrogens is 328 g/mol. The first-order valence-corrected chi connectivity index (χ1v) is 8.65.